The second-order valence-electron chi connectivity index (χ2n) is 5.86. The van der Waals surface area contributed by atoms with Crippen LogP contribution in [-0.2, 0) is 0 Å². The summed E-state index contributed by atoms with van der Waals surface area (Å²) in [6.07, 6.45) is 1.75. The molecule has 0 amide bonds. The van der Waals surface area contributed by atoms with Crippen molar-refractivity contribution < 1.29 is 0 Å². The van der Waals surface area contributed by atoms with Gasteiger partial charge in [-0.25, -0.2) is 0 Å². The summed E-state index contributed by atoms with van der Waals surface area (Å²) in [4.78, 5) is 0. The quantitative estimate of drug-likeness (QED) is 0.365. The van der Waals surface area contributed by atoms with Gasteiger partial charge in [-0.15, -0.1) is 6.58 Å². The molecule has 0 heterocycles. The molecule has 0 unspecified atom stereocenters. The van der Waals surface area contributed by atoms with Crippen LogP contribution in [0, 0.1) is 27.7 Å². The van der Waals surface area contributed by atoms with Gasteiger partial charge in [-0.05, 0) is 51.0 Å². The lowest BCUT2D eigenvalue weighted by molar-refractivity contribution is 1.40. The van der Waals surface area contributed by atoms with Gasteiger partial charge in [-0.1, -0.05) is 97.3 Å². The van der Waals surface area contributed by atoms with Gasteiger partial charge in [0.25, 0.3) is 0 Å². The Balaban J connectivity index is 0.000000385. The molecule has 134 valence electrons. The fraction of sp³-hybridized carbons (Fsp3) is 0.280. The highest BCUT2D eigenvalue weighted by atomic mass is 14.0. The molecule has 0 spiro atoms. The van der Waals surface area contributed by atoms with Crippen molar-refractivity contribution in [3.63, 3.8) is 0 Å². The van der Waals surface area contributed by atoms with Gasteiger partial charge in [0.15, 0.2) is 0 Å². The summed E-state index contributed by atoms with van der Waals surface area (Å²) in [6.45, 7) is 17.7. The minimum Gasteiger partial charge on any atom is -0.103 e. The van der Waals surface area contributed by atoms with E-state index in [9.17, 15) is 0 Å². The van der Waals surface area contributed by atoms with E-state index < -0.39 is 0 Å². The van der Waals surface area contributed by atoms with Crippen molar-refractivity contribution in [3.05, 3.63) is 95.6 Å². The Morgan fingerprint density at radius 2 is 1.12 bits per heavy atom. The van der Waals surface area contributed by atoms with Gasteiger partial charge in [-0.3, -0.25) is 0 Å². The molecule has 0 heteroatoms. The second-order valence-corrected chi connectivity index (χ2v) is 5.86. The van der Waals surface area contributed by atoms with E-state index in [1.807, 2.05) is 20.8 Å². The number of hydrogen-bond acceptors (Lipinski definition) is 0. The number of hydrogen-bond donors (Lipinski definition) is 0. The van der Waals surface area contributed by atoms with E-state index >= 15 is 0 Å². The zero-order chi connectivity index (χ0) is 19.2. The van der Waals surface area contributed by atoms with Crippen LogP contribution in [0.5, 0.6) is 0 Å². The van der Waals surface area contributed by atoms with Crippen molar-refractivity contribution in [1.29, 1.82) is 0 Å². The Hall–Kier alpha value is -2.34. The Labute approximate surface area is 155 Å². The van der Waals surface area contributed by atoms with Crippen LogP contribution >= 0.6 is 0 Å². The molecule has 3 aromatic carbocycles. The summed E-state index contributed by atoms with van der Waals surface area (Å²) in [7, 11) is 0. The molecule has 0 aliphatic carbocycles. The molecule has 0 aromatic heterocycles. The summed E-state index contributed by atoms with van der Waals surface area (Å²) in [5.74, 6) is 0. The average molecular weight is 335 g/mol. The van der Waals surface area contributed by atoms with Crippen LogP contribution in [0.2, 0.25) is 0 Å². The molecule has 0 radical (unpaired) electrons. The lowest BCUT2D eigenvalue weighted by Crippen LogP contribution is -1.78. The fourth-order valence-electron chi connectivity index (χ4n) is 2.20. The number of aryl methyl sites for hydroxylation is 4. The molecule has 0 bridgehead atoms. The highest BCUT2D eigenvalue weighted by Gasteiger charge is 1.94. The SMILES string of the molecule is C=CC.CC.Cc1ccc(C)cc1.Cc1ccc2c(C)cccc2c1. The van der Waals surface area contributed by atoms with E-state index in [1.165, 1.54) is 33.0 Å². The minimum atomic E-state index is 1.33. The molecule has 0 aliphatic rings. The Kier molecular flexibility index (Phi) is 11.8. The molecule has 25 heavy (non-hydrogen) atoms. The van der Waals surface area contributed by atoms with Crippen LogP contribution in [-0.4, -0.2) is 0 Å². The van der Waals surface area contributed by atoms with Crippen molar-refractivity contribution in [2.75, 3.05) is 0 Å². The molecule has 3 rings (SSSR count). The largest absolute Gasteiger partial charge is 0.103 e. The van der Waals surface area contributed by atoms with Gasteiger partial charge in [0.05, 0.1) is 0 Å². The molecule has 0 saturated carbocycles. The fourth-order valence-corrected chi connectivity index (χ4v) is 2.20. The number of rotatable bonds is 0. The summed E-state index contributed by atoms with van der Waals surface area (Å²) < 4.78 is 0. The van der Waals surface area contributed by atoms with Gasteiger partial charge < -0.3 is 0 Å². The Bertz CT molecular complexity index is 713. The standard InChI is InChI=1S/C12H12.C8H10.C3H6.C2H6/c1-9-6-7-12-10(2)4-3-5-11(12)8-9;1-7-3-5-8(2)6-4-7;1-3-2;1-2/h3-8H,1-2H3;3-6H,1-2H3;3H,1H2,2H3;1-2H3. The predicted octanol–water partition coefficient (Wildman–Crippen LogP) is 7.98. The van der Waals surface area contributed by atoms with Crippen molar-refractivity contribution >= 4 is 10.8 Å². The first kappa shape index (κ1) is 22.7. The first-order valence-electron chi connectivity index (χ1n) is 9.04. The van der Waals surface area contributed by atoms with Crippen LogP contribution < -0.4 is 0 Å². The molecule has 3 aromatic rings. The zero-order valence-electron chi connectivity index (χ0n) is 17.1. The Morgan fingerprint density at radius 3 is 1.60 bits per heavy atom. The van der Waals surface area contributed by atoms with Gasteiger partial charge in [0.2, 0.25) is 0 Å². The van der Waals surface area contributed by atoms with E-state index in [0.29, 0.717) is 0 Å². The maximum absolute atomic E-state index is 3.36. The highest BCUT2D eigenvalue weighted by molar-refractivity contribution is 5.86. The summed E-state index contributed by atoms with van der Waals surface area (Å²) in [6, 6.07) is 21.5. The third-order valence-electron chi connectivity index (χ3n) is 3.47. The van der Waals surface area contributed by atoms with Crippen molar-refractivity contribution in [2.24, 2.45) is 0 Å². The zero-order valence-corrected chi connectivity index (χ0v) is 17.1. The molecule has 0 N–H and O–H groups in total. The monoisotopic (exact) mass is 334 g/mol. The molecule has 0 nitrogen and oxygen atoms in total. The van der Waals surface area contributed by atoms with Crippen LogP contribution in [0.15, 0.2) is 73.3 Å². The third-order valence-corrected chi connectivity index (χ3v) is 3.47. The molecule has 0 aliphatic heterocycles. The third kappa shape index (κ3) is 8.91. The van der Waals surface area contributed by atoms with Crippen molar-refractivity contribution in [2.45, 2.75) is 48.5 Å². The number of allylic oxidation sites excluding steroid dienone is 1. The second kappa shape index (κ2) is 13.0. The van der Waals surface area contributed by atoms with Gasteiger partial charge in [-0.2, -0.15) is 0 Å². The minimum absolute atomic E-state index is 1.33. The first-order chi connectivity index (χ1) is 12.0. The molecule has 0 atom stereocenters. The summed E-state index contributed by atoms with van der Waals surface area (Å²) in [5, 5.41) is 2.71. The average Bonchev–Trinajstić information content (AvgIpc) is 2.61. The maximum atomic E-state index is 3.36. The predicted molar refractivity (Wildman–Crippen MR) is 117 cm³/mol. The Morgan fingerprint density at radius 1 is 0.680 bits per heavy atom. The summed E-state index contributed by atoms with van der Waals surface area (Å²) >= 11 is 0. The number of benzene rings is 3. The number of fused-ring (bicyclic) bond motifs is 1. The van der Waals surface area contributed by atoms with Gasteiger partial charge in [0.1, 0.15) is 0 Å². The lowest BCUT2D eigenvalue weighted by atomic mass is 10.0. The van der Waals surface area contributed by atoms with Crippen LogP contribution in [0.3, 0.4) is 0 Å². The first-order valence-corrected chi connectivity index (χ1v) is 9.04. The van der Waals surface area contributed by atoms with E-state index in [-0.39, 0.29) is 0 Å². The van der Waals surface area contributed by atoms with E-state index in [0.717, 1.165) is 0 Å². The van der Waals surface area contributed by atoms with Gasteiger partial charge >= 0.3 is 0 Å². The van der Waals surface area contributed by atoms with Gasteiger partial charge in [0, 0.05) is 0 Å². The van der Waals surface area contributed by atoms with Crippen molar-refractivity contribution in [1.82, 2.24) is 0 Å². The summed E-state index contributed by atoms with van der Waals surface area (Å²) in [5.41, 5.74) is 5.34. The smallest absolute Gasteiger partial charge is 0.0155 e. The lowest BCUT2D eigenvalue weighted by Gasteiger charge is -2.01. The van der Waals surface area contributed by atoms with E-state index in [4.69, 9.17) is 0 Å². The van der Waals surface area contributed by atoms with E-state index in [1.54, 1.807) is 6.08 Å². The van der Waals surface area contributed by atoms with E-state index in [2.05, 4.69) is 94.9 Å². The molecule has 0 fully saturated rings. The maximum Gasteiger partial charge on any atom is -0.0155 e. The van der Waals surface area contributed by atoms with Crippen LogP contribution in [0.25, 0.3) is 10.8 Å². The molecular weight excluding hydrogens is 300 g/mol. The normalized spacial score (nSPS) is 8.76. The van der Waals surface area contributed by atoms with Crippen molar-refractivity contribution in [3.8, 4) is 0 Å². The molecule has 0 saturated heterocycles. The molecular formula is C25H34. The van der Waals surface area contributed by atoms with Crippen LogP contribution in [0.4, 0.5) is 0 Å². The van der Waals surface area contributed by atoms with Crippen LogP contribution in [0.1, 0.15) is 43.0 Å². The topological polar surface area (TPSA) is 0 Å². The highest BCUT2D eigenvalue weighted by Crippen LogP contribution is 2.18.